The fourth-order valence-corrected chi connectivity index (χ4v) is 4.40. The van der Waals surface area contributed by atoms with E-state index in [0.29, 0.717) is 31.3 Å². The quantitative estimate of drug-likeness (QED) is 0.548. The van der Waals surface area contributed by atoms with E-state index in [0.717, 1.165) is 47.6 Å². The van der Waals surface area contributed by atoms with Crippen molar-refractivity contribution in [2.45, 2.75) is 19.6 Å². The molecular weight excluding hydrogens is 430 g/mol. The van der Waals surface area contributed by atoms with Crippen LogP contribution in [0.1, 0.15) is 24.6 Å². The molecule has 0 N–H and O–H groups in total. The molecule has 5 rings (SSSR count). The molecular formula is C23H27N3O5S. The molecule has 0 spiro atoms. The summed E-state index contributed by atoms with van der Waals surface area (Å²) in [5.41, 5.74) is 1.49. The maximum absolute atomic E-state index is 5.93. The number of oxazole rings is 1. The molecule has 1 aromatic carbocycles. The topological polar surface area (TPSA) is 79.1 Å². The van der Waals surface area contributed by atoms with Crippen molar-refractivity contribution in [3.05, 3.63) is 35.2 Å². The first-order valence-electron chi connectivity index (χ1n) is 10.8. The number of hydrogen-bond donors (Lipinski definition) is 0. The Morgan fingerprint density at radius 2 is 2.00 bits per heavy atom. The Hall–Kier alpha value is -2.46. The zero-order chi connectivity index (χ0) is 22.0. The van der Waals surface area contributed by atoms with Gasteiger partial charge in [0.05, 0.1) is 33.0 Å². The summed E-state index contributed by atoms with van der Waals surface area (Å²) in [7, 11) is 0. The van der Waals surface area contributed by atoms with Crippen LogP contribution in [-0.4, -0.2) is 61.9 Å². The molecule has 0 amide bonds. The summed E-state index contributed by atoms with van der Waals surface area (Å²) in [6.07, 6.45) is 5.73. The molecule has 2 saturated heterocycles. The highest BCUT2D eigenvalue weighted by atomic mass is 32.1. The van der Waals surface area contributed by atoms with Gasteiger partial charge in [-0.25, -0.2) is 9.97 Å². The number of benzene rings is 1. The highest BCUT2D eigenvalue weighted by molar-refractivity contribution is 7.16. The molecule has 0 unspecified atom stereocenters. The van der Waals surface area contributed by atoms with Gasteiger partial charge in [-0.15, -0.1) is 0 Å². The third-order valence-corrected chi connectivity index (χ3v) is 6.40. The number of fused-ring (bicyclic) bond motifs is 1. The summed E-state index contributed by atoms with van der Waals surface area (Å²) >= 11 is 1.65. The van der Waals surface area contributed by atoms with Crippen LogP contribution < -0.4 is 9.64 Å². The van der Waals surface area contributed by atoms with Crippen molar-refractivity contribution >= 4 is 39.7 Å². The molecule has 2 aliphatic heterocycles. The van der Waals surface area contributed by atoms with Crippen LogP contribution >= 0.6 is 11.3 Å². The smallest absolute Gasteiger partial charge is 0.220 e. The Morgan fingerprint density at radius 3 is 2.81 bits per heavy atom. The SMILES string of the molecule is CC1(C)OCC(COc2ccc3nc(/C=C/c4cnc(N5CCOCC5)s4)oc3c2)CO1. The van der Waals surface area contributed by atoms with E-state index in [1.807, 2.05) is 50.4 Å². The third-order valence-electron chi connectivity index (χ3n) is 5.38. The van der Waals surface area contributed by atoms with Crippen LogP contribution in [0.4, 0.5) is 5.13 Å². The predicted molar refractivity (Wildman–Crippen MR) is 123 cm³/mol. The van der Waals surface area contributed by atoms with E-state index in [2.05, 4.69) is 14.9 Å². The third kappa shape index (κ3) is 5.12. The first-order chi connectivity index (χ1) is 15.5. The van der Waals surface area contributed by atoms with Gasteiger partial charge in [0.2, 0.25) is 5.89 Å². The number of aromatic nitrogens is 2. The molecule has 9 heteroatoms. The van der Waals surface area contributed by atoms with Gasteiger partial charge < -0.3 is 28.3 Å². The minimum absolute atomic E-state index is 0.203. The van der Waals surface area contributed by atoms with E-state index in [1.54, 1.807) is 11.3 Å². The van der Waals surface area contributed by atoms with Crippen LogP contribution in [-0.2, 0) is 14.2 Å². The van der Waals surface area contributed by atoms with Crippen LogP contribution in [0.25, 0.3) is 23.3 Å². The summed E-state index contributed by atoms with van der Waals surface area (Å²) in [6.45, 7) is 8.88. The van der Waals surface area contributed by atoms with Crippen molar-refractivity contribution in [1.29, 1.82) is 0 Å². The molecule has 4 heterocycles. The van der Waals surface area contributed by atoms with Crippen molar-refractivity contribution in [1.82, 2.24) is 9.97 Å². The normalized spacial score (nSPS) is 19.8. The minimum atomic E-state index is -0.511. The molecule has 3 aromatic rings. The van der Waals surface area contributed by atoms with E-state index in [-0.39, 0.29) is 5.92 Å². The predicted octanol–water partition coefficient (Wildman–Crippen LogP) is 4.07. The molecule has 0 aliphatic carbocycles. The number of nitrogens with zero attached hydrogens (tertiary/aromatic N) is 3. The van der Waals surface area contributed by atoms with Crippen molar-refractivity contribution in [3.8, 4) is 5.75 Å². The van der Waals surface area contributed by atoms with E-state index in [1.165, 1.54) is 0 Å². The maximum atomic E-state index is 5.93. The Bertz CT molecular complexity index is 1080. The van der Waals surface area contributed by atoms with Crippen molar-refractivity contribution < 1.29 is 23.4 Å². The zero-order valence-electron chi connectivity index (χ0n) is 18.3. The van der Waals surface area contributed by atoms with Gasteiger partial charge in [0.1, 0.15) is 11.3 Å². The second-order valence-electron chi connectivity index (χ2n) is 8.36. The Kier molecular flexibility index (Phi) is 6.14. The second-order valence-corrected chi connectivity index (χ2v) is 9.40. The lowest BCUT2D eigenvalue weighted by atomic mass is 10.1. The van der Waals surface area contributed by atoms with E-state index < -0.39 is 5.79 Å². The maximum Gasteiger partial charge on any atom is 0.220 e. The molecule has 0 saturated carbocycles. The van der Waals surface area contributed by atoms with E-state index >= 15 is 0 Å². The number of thiazole rings is 1. The molecule has 2 aliphatic rings. The number of hydrogen-bond acceptors (Lipinski definition) is 9. The first kappa shape index (κ1) is 21.4. The standard InChI is InChI=1S/C23H27N3O5S/c1-23(2)29-14-16(15-30-23)13-28-17-3-5-19-20(11-17)31-21(25-19)6-4-18-12-24-22(32-18)26-7-9-27-10-8-26/h3-6,11-12,16H,7-10,13-15H2,1-2H3/b6-4+. The summed E-state index contributed by atoms with van der Waals surface area (Å²) in [5, 5.41) is 1.02. The monoisotopic (exact) mass is 457 g/mol. The summed E-state index contributed by atoms with van der Waals surface area (Å²) in [4.78, 5) is 12.4. The van der Waals surface area contributed by atoms with Crippen LogP contribution in [0.2, 0.25) is 0 Å². The molecule has 0 radical (unpaired) electrons. The van der Waals surface area contributed by atoms with E-state index in [9.17, 15) is 0 Å². The molecule has 2 aromatic heterocycles. The molecule has 0 atom stereocenters. The van der Waals surface area contributed by atoms with Gasteiger partial charge in [-0.3, -0.25) is 0 Å². The molecule has 170 valence electrons. The van der Waals surface area contributed by atoms with Gasteiger partial charge in [0, 0.05) is 42.2 Å². The molecule has 32 heavy (non-hydrogen) atoms. The van der Waals surface area contributed by atoms with Gasteiger partial charge in [0.25, 0.3) is 0 Å². The number of anilines is 1. The molecule has 2 fully saturated rings. The fraction of sp³-hybridized carbons (Fsp3) is 0.478. The van der Waals surface area contributed by atoms with Gasteiger partial charge in [-0.05, 0) is 32.1 Å². The largest absolute Gasteiger partial charge is 0.493 e. The molecule has 0 bridgehead atoms. The van der Waals surface area contributed by atoms with Gasteiger partial charge in [-0.2, -0.15) is 0 Å². The first-order valence-corrected chi connectivity index (χ1v) is 11.6. The van der Waals surface area contributed by atoms with Crippen LogP contribution in [0.15, 0.2) is 28.8 Å². The molecule has 8 nitrogen and oxygen atoms in total. The zero-order valence-corrected chi connectivity index (χ0v) is 19.1. The van der Waals surface area contributed by atoms with Gasteiger partial charge in [-0.1, -0.05) is 11.3 Å². The number of rotatable bonds is 6. The average Bonchev–Trinajstić information content (AvgIpc) is 3.44. The summed E-state index contributed by atoms with van der Waals surface area (Å²) in [5.74, 6) is 0.984. The highest BCUT2D eigenvalue weighted by Crippen LogP contribution is 2.27. The Balaban J connectivity index is 1.20. The Labute approximate surface area is 190 Å². The minimum Gasteiger partial charge on any atom is -0.493 e. The Morgan fingerprint density at radius 1 is 1.19 bits per heavy atom. The lowest BCUT2D eigenvalue weighted by Crippen LogP contribution is -2.41. The number of morpholine rings is 1. The highest BCUT2D eigenvalue weighted by Gasteiger charge is 2.28. The fourth-order valence-electron chi connectivity index (χ4n) is 3.53. The average molecular weight is 458 g/mol. The lowest BCUT2D eigenvalue weighted by Gasteiger charge is -2.34. The summed E-state index contributed by atoms with van der Waals surface area (Å²) < 4.78 is 28.6. The van der Waals surface area contributed by atoms with Crippen LogP contribution in [0.5, 0.6) is 5.75 Å². The van der Waals surface area contributed by atoms with Crippen LogP contribution in [0.3, 0.4) is 0 Å². The van der Waals surface area contributed by atoms with E-state index in [4.69, 9.17) is 23.4 Å². The van der Waals surface area contributed by atoms with Crippen molar-refractivity contribution in [2.24, 2.45) is 5.92 Å². The summed E-state index contributed by atoms with van der Waals surface area (Å²) in [6, 6.07) is 5.69. The lowest BCUT2D eigenvalue weighted by molar-refractivity contribution is -0.264. The second kappa shape index (κ2) is 9.19. The van der Waals surface area contributed by atoms with Crippen LogP contribution in [0, 0.1) is 5.92 Å². The van der Waals surface area contributed by atoms with Crippen molar-refractivity contribution in [3.63, 3.8) is 0 Å². The number of ether oxygens (including phenoxy) is 4. The van der Waals surface area contributed by atoms with Gasteiger partial charge >= 0.3 is 0 Å². The van der Waals surface area contributed by atoms with Crippen molar-refractivity contribution in [2.75, 3.05) is 51.0 Å². The van der Waals surface area contributed by atoms with Gasteiger partial charge in [0.15, 0.2) is 16.5 Å².